The van der Waals surface area contributed by atoms with Crippen LogP contribution in [0.1, 0.15) is 17.3 Å². The lowest BCUT2D eigenvalue weighted by molar-refractivity contribution is 0.0598. The molecular formula is C19H22O7S. The van der Waals surface area contributed by atoms with Gasteiger partial charge in [0.25, 0.3) is 0 Å². The van der Waals surface area contributed by atoms with E-state index in [-0.39, 0.29) is 16.6 Å². The predicted octanol–water partition coefficient (Wildman–Crippen LogP) is 3.08. The van der Waals surface area contributed by atoms with Crippen molar-refractivity contribution in [2.45, 2.75) is 17.9 Å². The monoisotopic (exact) mass is 394 g/mol. The molecule has 2 aromatic carbocycles. The summed E-state index contributed by atoms with van der Waals surface area (Å²) in [6, 6.07) is 10.7. The molecular weight excluding hydrogens is 372 g/mol. The Morgan fingerprint density at radius 3 is 2.19 bits per heavy atom. The number of esters is 1. The van der Waals surface area contributed by atoms with Crippen LogP contribution in [0.5, 0.6) is 17.2 Å². The maximum atomic E-state index is 11.9. The van der Waals surface area contributed by atoms with E-state index in [1.165, 1.54) is 37.4 Å². The van der Waals surface area contributed by atoms with Gasteiger partial charge in [0.15, 0.2) is 9.84 Å². The summed E-state index contributed by atoms with van der Waals surface area (Å²) < 4.78 is 44.4. The fourth-order valence-electron chi connectivity index (χ4n) is 2.33. The second kappa shape index (κ2) is 8.88. The fourth-order valence-corrected chi connectivity index (χ4v) is 2.96. The molecule has 0 amide bonds. The second-order valence-corrected chi connectivity index (χ2v) is 7.93. The molecule has 8 heteroatoms. The summed E-state index contributed by atoms with van der Waals surface area (Å²) in [6.07, 6.45) is 0.901. The number of benzene rings is 2. The molecule has 0 unspecified atom stereocenters. The van der Waals surface area contributed by atoms with Crippen LogP contribution in [-0.4, -0.2) is 47.6 Å². The van der Waals surface area contributed by atoms with Crippen molar-refractivity contribution in [1.82, 2.24) is 0 Å². The molecule has 0 saturated carbocycles. The van der Waals surface area contributed by atoms with E-state index in [1.807, 2.05) is 6.92 Å². The normalized spacial score (nSPS) is 12.3. The van der Waals surface area contributed by atoms with Crippen molar-refractivity contribution in [3.05, 3.63) is 48.0 Å². The van der Waals surface area contributed by atoms with Gasteiger partial charge < -0.3 is 18.9 Å². The summed E-state index contributed by atoms with van der Waals surface area (Å²) in [5.74, 6) is 0.659. The largest absolute Gasteiger partial charge is 0.488 e. The lowest BCUT2D eigenvalue weighted by Gasteiger charge is -2.16. The average molecular weight is 394 g/mol. The van der Waals surface area contributed by atoms with Crippen LogP contribution in [0.2, 0.25) is 0 Å². The molecule has 0 bridgehead atoms. The Balaban J connectivity index is 2.30. The summed E-state index contributed by atoms with van der Waals surface area (Å²) in [5, 5.41) is 0. The van der Waals surface area contributed by atoms with Gasteiger partial charge in [-0.15, -0.1) is 0 Å². The maximum absolute atomic E-state index is 11.9. The Bertz CT molecular complexity index is 889. The molecule has 0 radical (unpaired) electrons. The first-order valence-corrected chi connectivity index (χ1v) is 9.99. The van der Waals surface area contributed by atoms with Gasteiger partial charge in [-0.3, -0.25) is 0 Å². The molecule has 0 N–H and O–H groups in total. The maximum Gasteiger partial charge on any atom is 0.338 e. The predicted molar refractivity (Wildman–Crippen MR) is 99.4 cm³/mol. The van der Waals surface area contributed by atoms with Crippen LogP contribution in [0.25, 0.3) is 0 Å². The van der Waals surface area contributed by atoms with Gasteiger partial charge in [0.2, 0.25) is 0 Å². The van der Waals surface area contributed by atoms with Gasteiger partial charge >= 0.3 is 5.97 Å². The van der Waals surface area contributed by atoms with Crippen LogP contribution in [0.3, 0.4) is 0 Å². The molecule has 0 aliphatic carbocycles. The smallest absolute Gasteiger partial charge is 0.338 e. The zero-order valence-corrected chi connectivity index (χ0v) is 16.4. The summed E-state index contributed by atoms with van der Waals surface area (Å²) in [7, 11) is -0.434. The highest BCUT2D eigenvalue weighted by Gasteiger charge is 2.13. The van der Waals surface area contributed by atoms with Gasteiger partial charge in [-0.25, -0.2) is 13.2 Å². The van der Waals surface area contributed by atoms with E-state index >= 15 is 0 Å². The molecule has 0 aromatic heterocycles. The average Bonchev–Trinajstić information content (AvgIpc) is 2.60. The molecule has 27 heavy (non-hydrogen) atoms. The molecule has 0 heterocycles. The molecule has 0 spiro atoms. The van der Waals surface area contributed by atoms with Crippen molar-refractivity contribution in [3.8, 4) is 17.2 Å². The number of methoxy groups -OCH3 is 2. The third kappa shape index (κ3) is 5.97. The van der Waals surface area contributed by atoms with Gasteiger partial charge in [0.1, 0.15) is 23.4 Å². The molecule has 0 fully saturated rings. The first kappa shape index (κ1) is 20.7. The number of carbonyl (C=O) groups is 1. The van der Waals surface area contributed by atoms with Crippen molar-refractivity contribution in [3.63, 3.8) is 0 Å². The zero-order chi connectivity index (χ0) is 20.0. The number of hydrogen-bond donors (Lipinski definition) is 0. The minimum atomic E-state index is -3.29. The highest BCUT2D eigenvalue weighted by Crippen LogP contribution is 2.29. The SMILES string of the molecule is COC[C@H](C)Oc1cc(Oc2ccc(S(C)(=O)=O)cc2)cc(C(=O)OC)c1. The van der Waals surface area contributed by atoms with E-state index in [2.05, 4.69) is 0 Å². The molecule has 1 atom stereocenters. The molecule has 146 valence electrons. The molecule has 7 nitrogen and oxygen atoms in total. The zero-order valence-electron chi connectivity index (χ0n) is 15.6. The summed E-state index contributed by atoms with van der Waals surface area (Å²) in [4.78, 5) is 12.1. The van der Waals surface area contributed by atoms with Gasteiger partial charge in [-0.05, 0) is 43.3 Å². The van der Waals surface area contributed by atoms with Crippen LogP contribution in [-0.2, 0) is 19.3 Å². The number of rotatable bonds is 8. The number of ether oxygens (including phenoxy) is 4. The van der Waals surface area contributed by atoms with Crippen LogP contribution in [0.4, 0.5) is 0 Å². The molecule has 0 saturated heterocycles. The van der Waals surface area contributed by atoms with Gasteiger partial charge in [0, 0.05) is 19.4 Å². The lowest BCUT2D eigenvalue weighted by atomic mass is 10.2. The van der Waals surface area contributed by atoms with E-state index < -0.39 is 15.8 Å². The lowest BCUT2D eigenvalue weighted by Crippen LogP contribution is -2.18. The summed E-state index contributed by atoms with van der Waals surface area (Å²) in [6.45, 7) is 2.21. The van der Waals surface area contributed by atoms with Gasteiger partial charge in [-0.1, -0.05) is 0 Å². The third-order valence-corrected chi connectivity index (χ3v) is 4.66. The van der Waals surface area contributed by atoms with E-state index in [9.17, 15) is 13.2 Å². The topological polar surface area (TPSA) is 88.1 Å². The van der Waals surface area contributed by atoms with E-state index in [1.54, 1.807) is 19.2 Å². The van der Waals surface area contributed by atoms with E-state index in [0.29, 0.717) is 23.9 Å². The van der Waals surface area contributed by atoms with Crippen molar-refractivity contribution in [1.29, 1.82) is 0 Å². The van der Waals surface area contributed by atoms with Gasteiger partial charge in [0.05, 0.1) is 24.2 Å². The molecule has 2 aromatic rings. The fraction of sp³-hybridized carbons (Fsp3) is 0.316. The molecule has 0 aliphatic heterocycles. The van der Waals surface area contributed by atoms with Crippen LogP contribution < -0.4 is 9.47 Å². The quantitative estimate of drug-likeness (QED) is 0.636. The standard InChI is InChI=1S/C19H22O7S/c1-13(12-23-2)25-16-9-14(19(20)24-3)10-17(11-16)26-15-5-7-18(8-6-15)27(4,21)22/h5-11,13H,12H2,1-4H3/t13-/m0/s1. The highest BCUT2D eigenvalue weighted by atomic mass is 32.2. The third-order valence-electron chi connectivity index (χ3n) is 3.53. The number of hydrogen-bond acceptors (Lipinski definition) is 7. The van der Waals surface area contributed by atoms with E-state index in [4.69, 9.17) is 18.9 Å². The Morgan fingerprint density at radius 2 is 1.63 bits per heavy atom. The number of carbonyl (C=O) groups excluding carboxylic acids is 1. The minimum absolute atomic E-state index is 0.190. The second-order valence-electron chi connectivity index (χ2n) is 5.91. The summed E-state index contributed by atoms with van der Waals surface area (Å²) >= 11 is 0. The van der Waals surface area contributed by atoms with E-state index in [0.717, 1.165) is 6.26 Å². The number of sulfone groups is 1. The van der Waals surface area contributed by atoms with Gasteiger partial charge in [-0.2, -0.15) is 0 Å². The minimum Gasteiger partial charge on any atom is -0.488 e. The van der Waals surface area contributed by atoms with Crippen molar-refractivity contribution < 1.29 is 32.2 Å². The first-order valence-electron chi connectivity index (χ1n) is 8.10. The Morgan fingerprint density at radius 1 is 1.00 bits per heavy atom. The van der Waals surface area contributed by atoms with Crippen molar-refractivity contribution >= 4 is 15.8 Å². The first-order chi connectivity index (χ1) is 12.7. The molecule has 2 rings (SSSR count). The van der Waals surface area contributed by atoms with Crippen LogP contribution in [0, 0.1) is 0 Å². The van der Waals surface area contributed by atoms with Crippen LogP contribution in [0.15, 0.2) is 47.4 Å². The van der Waals surface area contributed by atoms with Crippen molar-refractivity contribution in [2.24, 2.45) is 0 Å². The highest BCUT2D eigenvalue weighted by molar-refractivity contribution is 7.90. The Hall–Kier alpha value is -2.58. The summed E-state index contributed by atoms with van der Waals surface area (Å²) in [5.41, 5.74) is 0.266. The van der Waals surface area contributed by atoms with Crippen LogP contribution >= 0.6 is 0 Å². The van der Waals surface area contributed by atoms with Crippen molar-refractivity contribution in [2.75, 3.05) is 27.1 Å². The Labute approximate surface area is 158 Å². The Kier molecular flexibility index (Phi) is 6.81. The molecule has 0 aliphatic rings.